The van der Waals surface area contributed by atoms with E-state index in [4.69, 9.17) is 4.74 Å². The molecule has 1 heterocycles. The predicted octanol–water partition coefficient (Wildman–Crippen LogP) is 5.25. The number of rotatable bonds is 8. The SMILES string of the molecule is CCC(C)c1ccc(OCC(=O)Nc2nc(-c3cccc([N+](=O)[O-])c3)cs2)cc1. The minimum absolute atomic E-state index is 0.00571. The van der Waals surface area contributed by atoms with E-state index in [9.17, 15) is 14.9 Å². The summed E-state index contributed by atoms with van der Waals surface area (Å²) in [5.74, 6) is 0.789. The molecule has 3 rings (SSSR count). The van der Waals surface area contributed by atoms with Crippen LogP contribution in [-0.4, -0.2) is 22.4 Å². The average molecular weight is 411 g/mol. The van der Waals surface area contributed by atoms with Crippen LogP contribution in [0.1, 0.15) is 31.7 Å². The van der Waals surface area contributed by atoms with Gasteiger partial charge in [0.25, 0.3) is 11.6 Å². The zero-order valence-electron chi connectivity index (χ0n) is 16.1. The van der Waals surface area contributed by atoms with Crippen molar-refractivity contribution in [3.8, 4) is 17.0 Å². The lowest BCUT2D eigenvalue weighted by Crippen LogP contribution is -2.20. The molecule has 1 atom stereocenters. The third-order valence-electron chi connectivity index (χ3n) is 4.53. The number of ether oxygens (including phenoxy) is 1. The number of aromatic nitrogens is 1. The molecule has 0 saturated heterocycles. The van der Waals surface area contributed by atoms with Crippen LogP contribution in [0.3, 0.4) is 0 Å². The first-order valence-corrected chi connectivity index (χ1v) is 10.1. The van der Waals surface area contributed by atoms with Crippen molar-refractivity contribution < 1.29 is 14.5 Å². The van der Waals surface area contributed by atoms with Crippen LogP contribution >= 0.6 is 11.3 Å². The number of anilines is 1. The monoisotopic (exact) mass is 411 g/mol. The molecule has 2 aromatic carbocycles. The lowest BCUT2D eigenvalue weighted by atomic mass is 9.99. The van der Waals surface area contributed by atoms with Crippen LogP contribution in [-0.2, 0) is 4.79 Å². The van der Waals surface area contributed by atoms with E-state index in [1.807, 2.05) is 24.3 Å². The van der Waals surface area contributed by atoms with Crippen molar-refractivity contribution in [2.24, 2.45) is 0 Å². The smallest absolute Gasteiger partial charge is 0.270 e. The van der Waals surface area contributed by atoms with E-state index < -0.39 is 4.92 Å². The summed E-state index contributed by atoms with van der Waals surface area (Å²) in [5, 5.41) is 15.7. The van der Waals surface area contributed by atoms with Gasteiger partial charge in [-0.2, -0.15) is 0 Å². The first-order valence-electron chi connectivity index (χ1n) is 9.19. The topological polar surface area (TPSA) is 94.4 Å². The van der Waals surface area contributed by atoms with Crippen LogP contribution < -0.4 is 10.1 Å². The van der Waals surface area contributed by atoms with Gasteiger partial charge >= 0.3 is 0 Å². The maximum atomic E-state index is 12.1. The Labute approximate surface area is 172 Å². The van der Waals surface area contributed by atoms with Gasteiger partial charge in [0.1, 0.15) is 5.75 Å². The number of benzene rings is 2. The zero-order chi connectivity index (χ0) is 20.8. The van der Waals surface area contributed by atoms with Crippen molar-refractivity contribution in [2.45, 2.75) is 26.2 Å². The number of nitro groups is 1. The molecule has 1 N–H and O–H groups in total. The van der Waals surface area contributed by atoms with Crippen LogP contribution in [0, 0.1) is 10.1 Å². The van der Waals surface area contributed by atoms with Gasteiger partial charge in [0.05, 0.1) is 10.6 Å². The van der Waals surface area contributed by atoms with E-state index in [1.165, 1.54) is 29.0 Å². The van der Waals surface area contributed by atoms with Gasteiger partial charge in [-0.05, 0) is 30.0 Å². The van der Waals surface area contributed by atoms with E-state index in [-0.39, 0.29) is 18.2 Å². The molecule has 3 aromatic rings. The van der Waals surface area contributed by atoms with E-state index in [2.05, 4.69) is 24.1 Å². The molecule has 0 radical (unpaired) electrons. The molecule has 7 nitrogen and oxygen atoms in total. The summed E-state index contributed by atoms with van der Waals surface area (Å²) in [4.78, 5) is 26.9. The molecule has 0 aliphatic heterocycles. The Hall–Kier alpha value is -3.26. The van der Waals surface area contributed by atoms with Crippen molar-refractivity contribution >= 4 is 28.1 Å². The summed E-state index contributed by atoms with van der Waals surface area (Å²) >= 11 is 1.25. The Bertz CT molecular complexity index is 1000. The van der Waals surface area contributed by atoms with Crippen molar-refractivity contribution in [3.63, 3.8) is 0 Å². The minimum Gasteiger partial charge on any atom is -0.484 e. The van der Waals surface area contributed by atoms with Crippen LogP contribution in [0.5, 0.6) is 5.75 Å². The number of non-ortho nitro benzene ring substituents is 1. The van der Waals surface area contributed by atoms with Crippen molar-refractivity contribution in [1.82, 2.24) is 4.98 Å². The van der Waals surface area contributed by atoms with Crippen LogP contribution in [0.15, 0.2) is 53.9 Å². The maximum Gasteiger partial charge on any atom is 0.270 e. The number of hydrogen-bond acceptors (Lipinski definition) is 6. The quantitative estimate of drug-likeness (QED) is 0.403. The molecule has 1 aromatic heterocycles. The van der Waals surface area contributed by atoms with Gasteiger partial charge in [0, 0.05) is 23.1 Å². The third kappa shape index (κ3) is 5.39. The summed E-state index contributed by atoms with van der Waals surface area (Å²) in [7, 11) is 0. The van der Waals surface area contributed by atoms with Crippen LogP contribution in [0.2, 0.25) is 0 Å². The van der Waals surface area contributed by atoms with Gasteiger partial charge in [-0.1, -0.05) is 38.1 Å². The number of carbonyl (C=O) groups excluding carboxylic acids is 1. The molecule has 0 aliphatic rings. The maximum absolute atomic E-state index is 12.1. The van der Waals surface area contributed by atoms with Crippen molar-refractivity contribution in [2.75, 3.05) is 11.9 Å². The van der Waals surface area contributed by atoms with Gasteiger partial charge in [-0.25, -0.2) is 4.98 Å². The first-order chi connectivity index (χ1) is 14.0. The predicted molar refractivity (Wildman–Crippen MR) is 113 cm³/mol. The zero-order valence-corrected chi connectivity index (χ0v) is 16.9. The van der Waals surface area contributed by atoms with Gasteiger partial charge in [0.2, 0.25) is 0 Å². The van der Waals surface area contributed by atoms with Crippen molar-refractivity contribution in [1.29, 1.82) is 0 Å². The molecule has 150 valence electrons. The van der Waals surface area contributed by atoms with Gasteiger partial charge in [0.15, 0.2) is 11.7 Å². The Morgan fingerprint density at radius 2 is 2.03 bits per heavy atom. The second-order valence-corrected chi connectivity index (χ2v) is 7.42. The molecule has 1 unspecified atom stereocenters. The molecule has 8 heteroatoms. The van der Waals surface area contributed by atoms with Crippen LogP contribution in [0.4, 0.5) is 10.8 Å². The molecule has 1 amide bonds. The summed E-state index contributed by atoms with van der Waals surface area (Å²) in [6.45, 7) is 4.18. The summed E-state index contributed by atoms with van der Waals surface area (Å²) in [6.07, 6.45) is 1.06. The highest BCUT2D eigenvalue weighted by molar-refractivity contribution is 7.14. The third-order valence-corrected chi connectivity index (χ3v) is 5.29. The van der Waals surface area contributed by atoms with E-state index >= 15 is 0 Å². The van der Waals surface area contributed by atoms with Gasteiger partial charge in [-0.15, -0.1) is 11.3 Å². The molecular formula is C21H21N3O4S. The summed E-state index contributed by atoms with van der Waals surface area (Å²) in [5.41, 5.74) is 2.42. The molecule has 0 saturated carbocycles. The van der Waals surface area contributed by atoms with Crippen molar-refractivity contribution in [3.05, 3.63) is 69.6 Å². The highest BCUT2D eigenvalue weighted by Gasteiger charge is 2.12. The lowest BCUT2D eigenvalue weighted by Gasteiger charge is -2.10. The fourth-order valence-electron chi connectivity index (χ4n) is 2.68. The second kappa shape index (κ2) is 9.29. The molecule has 0 fully saturated rings. The standard InChI is InChI=1S/C21H21N3O4S/c1-3-14(2)15-7-9-18(10-8-15)28-12-20(25)23-21-22-19(13-29-21)16-5-4-6-17(11-16)24(26)27/h4-11,13-14H,3,12H2,1-2H3,(H,22,23,25). The Balaban J connectivity index is 1.56. The second-order valence-electron chi connectivity index (χ2n) is 6.56. The van der Waals surface area contributed by atoms with E-state index in [1.54, 1.807) is 17.5 Å². The lowest BCUT2D eigenvalue weighted by molar-refractivity contribution is -0.384. The fourth-order valence-corrected chi connectivity index (χ4v) is 3.41. The van der Waals surface area contributed by atoms with Gasteiger partial charge < -0.3 is 4.74 Å². The van der Waals surface area contributed by atoms with E-state index in [0.717, 1.165) is 6.42 Å². The van der Waals surface area contributed by atoms with Crippen LogP contribution in [0.25, 0.3) is 11.3 Å². The highest BCUT2D eigenvalue weighted by atomic mass is 32.1. The molecule has 0 bridgehead atoms. The number of thiazole rings is 1. The molecule has 29 heavy (non-hydrogen) atoms. The first kappa shape index (κ1) is 20.5. The summed E-state index contributed by atoms with van der Waals surface area (Å²) < 4.78 is 5.53. The number of amides is 1. The Morgan fingerprint density at radius 3 is 2.72 bits per heavy atom. The number of hydrogen-bond donors (Lipinski definition) is 1. The largest absolute Gasteiger partial charge is 0.484 e. The van der Waals surface area contributed by atoms with Gasteiger partial charge in [-0.3, -0.25) is 20.2 Å². The Morgan fingerprint density at radius 1 is 1.28 bits per heavy atom. The number of nitrogens with zero attached hydrogens (tertiary/aromatic N) is 2. The summed E-state index contributed by atoms with van der Waals surface area (Å²) in [6, 6.07) is 13.9. The molecule has 0 aliphatic carbocycles. The number of carbonyl (C=O) groups is 1. The average Bonchev–Trinajstić information content (AvgIpc) is 3.20. The number of nitrogens with one attached hydrogen (secondary N) is 1. The molecule has 0 spiro atoms. The minimum atomic E-state index is -0.453. The normalized spacial score (nSPS) is 11.7. The fraction of sp³-hybridized carbons (Fsp3) is 0.238. The highest BCUT2D eigenvalue weighted by Crippen LogP contribution is 2.27. The number of nitro benzene ring substituents is 1. The molecular weight excluding hydrogens is 390 g/mol. The Kier molecular flexibility index (Phi) is 6.56. The van der Waals surface area contributed by atoms with E-state index in [0.29, 0.717) is 28.1 Å².